The molecule has 162 valence electrons. The summed E-state index contributed by atoms with van der Waals surface area (Å²) >= 11 is 0. The number of benzene rings is 1. The molecule has 1 aromatic carbocycles. The van der Waals surface area contributed by atoms with Crippen molar-refractivity contribution in [2.24, 2.45) is 5.92 Å². The third-order valence-electron chi connectivity index (χ3n) is 6.29. The highest BCUT2D eigenvalue weighted by atomic mass is 16.2. The third-order valence-corrected chi connectivity index (χ3v) is 6.29. The highest BCUT2D eigenvalue weighted by Crippen LogP contribution is 2.28. The van der Waals surface area contributed by atoms with Crippen LogP contribution in [0.5, 0.6) is 0 Å². The van der Waals surface area contributed by atoms with E-state index in [9.17, 15) is 4.79 Å². The lowest BCUT2D eigenvalue weighted by molar-refractivity contribution is 0.0592. The SMILES string of the molecule is Cc1cnc(C(=O)N2CCC(C(Cc3ccccc3)N(C)Cc3cccnc3)CC2)[nH]1. The van der Waals surface area contributed by atoms with E-state index in [-0.39, 0.29) is 5.91 Å². The Hall–Kier alpha value is -2.99. The Morgan fingerprint density at radius 1 is 1.13 bits per heavy atom. The molecule has 1 aliphatic heterocycles. The van der Waals surface area contributed by atoms with Crippen LogP contribution in [0.15, 0.2) is 61.1 Å². The number of piperidine rings is 1. The highest BCUT2D eigenvalue weighted by molar-refractivity contribution is 5.90. The van der Waals surface area contributed by atoms with Crippen molar-refractivity contribution in [2.75, 3.05) is 20.1 Å². The number of imidazole rings is 1. The van der Waals surface area contributed by atoms with E-state index in [0.717, 1.165) is 44.6 Å². The van der Waals surface area contributed by atoms with Crippen LogP contribution in [0, 0.1) is 12.8 Å². The summed E-state index contributed by atoms with van der Waals surface area (Å²) in [6.45, 7) is 4.34. The maximum absolute atomic E-state index is 12.8. The maximum Gasteiger partial charge on any atom is 0.289 e. The number of nitrogens with one attached hydrogen (secondary N) is 1. The molecule has 1 saturated heterocycles. The van der Waals surface area contributed by atoms with E-state index in [1.165, 1.54) is 11.1 Å². The first-order valence-corrected chi connectivity index (χ1v) is 11.0. The Labute approximate surface area is 184 Å². The largest absolute Gasteiger partial charge is 0.338 e. The molecule has 0 saturated carbocycles. The van der Waals surface area contributed by atoms with Crippen LogP contribution < -0.4 is 0 Å². The monoisotopic (exact) mass is 417 g/mol. The van der Waals surface area contributed by atoms with Crippen LogP contribution in [-0.4, -0.2) is 56.8 Å². The number of hydrogen-bond acceptors (Lipinski definition) is 4. The number of carbonyl (C=O) groups excluding carboxylic acids is 1. The summed E-state index contributed by atoms with van der Waals surface area (Å²) in [5.74, 6) is 0.990. The molecule has 3 heterocycles. The minimum Gasteiger partial charge on any atom is -0.338 e. The average molecular weight is 418 g/mol. The van der Waals surface area contributed by atoms with E-state index in [1.807, 2.05) is 30.3 Å². The van der Waals surface area contributed by atoms with Crippen LogP contribution in [0.1, 0.15) is 40.3 Å². The number of amides is 1. The zero-order valence-corrected chi connectivity index (χ0v) is 18.4. The van der Waals surface area contributed by atoms with Gasteiger partial charge in [0.15, 0.2) is 5.82 Å². The van der Waals surface area contributed by atoms with Gasteiger partial charge in [-0.15, -0.1) is 0 Å². The van der Waals surface area contributed by atoms with Gasteiger partial charge in [0.1, 0.15) is 0 Å². The number of likely N-dealkylation sites (N-methyl/N-ethyl adjacent to an activating group) is 1. The van der Waals surface area contributed by atoms with Gasteiger partial charge in [-0.3, -0.25) is 14.7 Å². The van der Waals surface area contributed by atoms with Gasteiger partial charge in [0.25, 0.3) is 5.91 Å². The second kappa shape index (κ2) is 9.88. The lowest BCUT2D eigenvalue weighted by Gasteiger charge is -2.40. The molecule has 1 unspecified atom stereocenters. The number of H-pyrrole nitrogens is 1. The minimum absolute atomic E-state index is 0.00914. The predicted molar refractivity (Wildman–Crippen MR) is 122 cm³/mol. The van der Waals surface area contributed by atoms with Gasteiger partial charge in [0.2, 0.25) is 0 Å². The van der Waals surface area contributed by atoms with Crippen molar-refractivity contribution in [3.05, 3.63) is 83.7 Å². The Morgan fingerprint density at radius 3 is 2.52 bits per heavy atom. The highest BCUT2D eigenvalue weighted by Gasteiger charge is 2.31. The predicted octanol–water partition coefficient (Wildman–Crippen LogP) is 3.71. The lowest BCUT2D eigenvalue weighted by Crippen LogP contribution is -2.46. The van der Waals surface area contributed by atoms with Crippen LogP contribution in [0.3, 0.4) is 0 Å². The molecule has 1 N–H and O–H groups in total. The van der Waals surface area contributed by atoms with Gasteiger partial charge < -0.3 is 9.88 Å². The number of aromatic nitrogens is 3. The maximum atomic E-state index is 12.8. The van der Waals surface area contributed by atoms with Gasteiger partial charge in [0.05, 0.1) is 0 Å². The van der Waals surface area contributed by atoms with E-state index >= 15 is 0 Å². The van der Waals surface area contributed by atoms with E-state index in [1.54, 1.807) is 6.20 Å². The first kappa shape index (κ1) is 21.2. The van der Waals surface area contributed by atoms with Gasteiger partial charge in [-0.05, 0) is 56.3 Å². The molecule has 6 heteroatoms. The van der Waals surface area contributed by atoms with Crippen molar-refractivity contribution in [2.45, 2.75) is 38.8 Å². The molecule has 31 heavy (non-hydrogen) atoms. The molecule has 1 atom stereocenters. The molecule has 1 amide bonds. The summed E-state index contributed by atoms with van der Waals surface area (Å²) in [5.41, 5.74) is 3.50. The van der Waals surface area contributed by atoms with Crippen LogP contribution in [-0.2, 0) is 13.0 Å². The molecule has 1 fully saturated rings. The Morgan fingerprint density at radius 2 is 1.87 bits per heavy atom. The molecular weight excluding hydrogens is 386 g/mol. The number of hydrogen-bond donors (Lipinski definition) is 1. The zero-order chi connectivity index (χ0) is 21.6. The zero-order valence-electron chi connectivity index (χ0n) is 18.4. The number of likely N-dealkylation sites (tertiary alicyclic amines) is 1. The van der Waals surface area contributed by atoms with Crippen molar-refractivity contribution < 1.29 is 4.79 Å². The summed E-state index contributed by atoms with van der Waals surface area (Å²) in [7, 11) is 2.21. The van der Waals surface area contributed by atoms with Gasteiger partial charge in [-0.1, -0.05) is 36.4 Å². The van der Waals surface area contributed by atoms with Gasteiger partial charge >= 0.3 is 0 Å². The van der Waals surface area contributed by atoms with Crippen LogP contribution in [0.4, 0.5) is 0 Å². The molecule has 3 aromatic rings. The number of pyridine rings is 1. The third kappa shape index (κ3) is 5.39. The van der Waals surface area contributed by atoms with Gasteiger partial charge in [-0.2, -0.15) is 0 Å². The Kier molecular flexibility index (Phi) is 6.77. The molecule has 1 aliphatic rings. The van der Waals surface area contributed by atoms with E-state index in [2.05, 4.69) is 63.3 Å². The van der Waals surface area contributed by atoms with E-state index in [4.69, 9.17) is 0 Å². The summed E-state index contributed by atoms with van der Waals surface area (Å²) in [6.07, 6.45) is 8.48. The quantitative estimate of drug-likeness (QED) is 0.637. The first-order valence-electron chi connectivity index (χ1n) is 11.0. The summed E-state index contributed by atoms with van der Waals surface area (Å²) in [4.78, 5) is 28.7. The van der Waals surface area contributed by atoms with Gasteiger partial charge in [0, 0.05) is 50.0 Å². The topological polar surface area (TPSA) is 65.1 Å². The van der Waals surface area contributed by atoms with Gasteiger partial charge in [-0.25, -0.2) is 4.98 Å². The van der Waals surface area contributed by atoms with E-state index < -0.39 is 0 Å². The molecule has 0 spiro atoms. The Balaban J connectivity index is 1.44. The number of aryl methyl sites for hydroxylation is 1. The second-order valence-corrected chi connectivity index (χ2v) is 8.58. The smallest absolute Gasteiger partial charge is 0.289 e. The first-order chi connectivity index (χ1) is 15.1. The number of rotatable bonds is 7. The van der Waals surface area contributed by atoms with Crippen molar-refractivity contribution >= 4 is 5.91 Å². The molecule has 6 nitrogen and oxygen atoms in total. The summed E-state index contributed by atoms with van der Waals surface area (Å²) in [5, 5.41) is 0. The van der Waals surface area contributed by atoms with Crippen LogP contribution in [0.2, 0.25) is 0 Å². The summed E-state index contributed by atoms with van der Waals surface area (Å²) in [6, 6.07) is 15.3. The average Bonchev–Trinajstić information content (AvgIpc) is 3.25. The van der Waals surface area contributed by atoms with Crippen molar-refractivity contribution in [1.29, 1.82) is 0 Å². The molecular formula is C25H31N5O. The van der Waals surface area contributed by atoms with Crippen LogP contribution in [0.25, 0.3) is 0 Å². The van der Waals surface area contributed by atoms with E-state index in [0.29, 0.717) is 17.8 Å². The number of nitrogens with zero attached hydrogens (tertiary/aromatic N) is 4. The second-order valence-electron chi connectivity index (χ2n) is 8.58. The van der Waals surface area contributed by atoms with Crippen molar-refractivity contribution in [3.63, 3.8) is 0 Å². The fourth-order valence-corrected chi connectivity index (χ4v) is 4.59. The fourth-order valence-electron chi connectivity index (χ4n) is 4.59. The van der Waals surface area contributed by atoms with Crippen molar-refractivity contribution in [3.8, 4) is 0 Å². The standard InChI is InChI=1S/C25H31N5O/c1-19-16-27-24(28-19)25(31)30-13-10-22(11-14-30)23(15-20-7-4-3-5-8-20)29(2)18-21-9-6-12-26-17-21/h3-9,12,16-17,22-23H,10-11,13-15,18H2,1-2H3,(H,27,28). The normalized spacial score (nSPS) is 15.9. The fraction of sp³-hybridized carbons (Fsp3) is 0.400. The molecule has 0 bridgehead atoms. The molecule has 0 aliphatic carbocycles. The number of aromatic amines is 1. The number of carbonyl (C=O) groups is 1. The minimum atomic E-state index is 0.00914. The van der Waals surface area contributed by atoms with Crippen LogP contribution >= 0.6 is 0 Å². The Bertz CT molecular complexity index is 964. The lowest BCUT2D eigenvalue weighted by atomic mass is 9.84. The summed E-state index contributed by atoms with van der Waals surface area (Å²) < 4.78 is 0. The molecule has 2 aromatic heterocycles. The molecule has 4 rings (SSSR count). The molecule has 0 radical (unpaired) electrons. The van der Waals surface area contributed by atoms with Crippen molar-refractivity contribution in [1.82, 2.24) is 24.8 Å².